The lowest BCUT2D eigenvalue weighted by Crippen LogP contribution is -2.37. The Labute approximate surface area is 117 Å². The zero-order valence-electron chi connectivity index (χ0n) is 11.2. The van der Waals surface area contributed by atoms with Crippen molar-refractivity contribution in [2.24, 2.45) is 29.4 Å². The second kappa shape index (κ2) is 4.16. The molecule has 4 heteroatoms. The molecule has 1 aromatic carbocycles. The predicted molar refractivity (Wildman–Crippen MR) is 73.2 cm³/mol. The van der Waals surface area contributed by atoms with E-state index in [0.29, 0.717) is 6.54 Å². The van der Waals surface area contributed by atoms with Crippen LogP contribution in [0.3, 0.4) is 0 Å². The van der Waals surface area contributed by atoms with Gasteiger partial charge in [0.2, 0.25) is 11.8 Å². The molecule has 0 spiro atoms. The van der Waals surface area contributed by atoms with Gasteiger partial charge >= 0.3 is 0 Å². The average Bonchev–Trinajstić information content (AvgIpc) is 3.05. The van der Waals surface area contributed by atoms with Crippen molar-refractivity contribution in [2.45, 2.75) is 25.4 Å². The Morgan fingerprint density at radius 1 is 1.00 bits per heavy atom. The van der Waals surface area contributed by atoms with Crippen LogP contribution in [0, 0.1) is 23.7 Å². The second-order valence-electron chi connectivity index (χ2n) is 6.28. The minimum absolute atomic E-state index is 0.00602. The largest absolute Gasteiger partial charge is 0.327 e. The highest BCUT2D eigenvalue weighted by atomic mass is 16.2. The van der Waals surface area contributed by atoms with Crippen LogP contribution >= 0.6 is 0 Å². The molecule has 1 aromatic rings. The van der Waals surface area contributed by atoms with E-state index in [1.54, 1.807) is 0 Å². The number of likely N-dealkylation sites (tertiary alicyclic amines) is 1. The molecule has 4 nitrogen and oxygen atoms in total. The fraction of sp³-hybridized carbons (Fsp3) is 0.500. The van der Waals surface area contributed by atoms with Gasteiger partial charge in [-0.2, -0.15) is 0 Å². The van der Waals surface area contributed by atoms with Crippen molar-refractivity contribution >= 4 is 11.8 Å². The highest BCUT2D eigenvalue weighted by Crippen LogP contribution is 2.55. The summed E-state index contributed by atoms with van der Waals surface area (Å²) in [6.45, 7) is 0.403. The number of nitrogens with two attached hydrogens (primary N) is 1. The number of benzene rings is 1. The van der Waals surface area contributed by atoms with Gasteiger partial charge in [0.05, 0.1) is 18.4 Å². The first-order valence-electron chi connectivity index (χ1n) is 7.33. The molecule has 2 amide bonds. The molecule has 1 heterocycles. The van der Waals surface area contributed by atoms with Crippen molar-refractivity contribution in [1.29, 1.82) is 0 Å². The van der Waals surface area contributed by atoms with E-state index in [0.717, 1.165) is 18.4 Å². The van der Waals surface area contributed by atoms with Gasteiger partial charge in [-0.05, 0) is 30.2 Å². The number of nitrogens with zero attached hydrogens (tertiary/aromatic N) is 1. The first-order valence-corrected chi connectivity index (χ1v) is 7.33. The average molecular weight is 270 g/mol. The van der Waals surface area contributed by atoms with Crippen LogP contribution in [-0.4, -0.2) is 22.8 Å². The Morgan fingerprint density at radius 2 is 1.55 bits per heavy atom. The number of imide groups is 1. The fourth-order valence-electron chi connectivity index (χ4n) is 4.52. The molecule has 2 bridgehead atoms. The highest BCUT2D eigenvalue weighted by molar-refractivity contribution is 6.06. The number of carbonyl (C=O) groups is 2. The molecule has 1 aliphatic heterocycles. The lowest BCUT2D eigenvalue weighted by Gasteiger charge is -2.19. The summed E-state index contributed by atoms with van der Waals surface area (Å²) in [5.74, 6) is 0.183. The Hall–Kier alpha value is -1.68. The Kier molecular flexibility index (Phi) is 2.51. The Morgan fingerprint density at radius 3 is 2.10 bits per heavy atom. The minimum atomic E-state index is -0.139. The van der Waals surface area contributed by atoms with Crippen LogP contribution in [0.5, 0.6) is 0 Å². The fourth-order valence-corrected chi connectivity index (χ4v) is 4.52. The number of rotatable bonds is 2. The molecule has 2 N–H and O–H groups in total. The van der Waals surface area contributed by atoms with Gasteiger partial charge in [-0.25, -0.2) is 0 Å². The SMILES string of the molecule is NC1[C@H]2CC[C@@H]1[C@H]1C(=O)N(Cc3ccccc3)C(=O)[C@H]12. The van der Waals surface area contributed by atoms with E-state index in [9.17, 15) is 9.59 Å². The first-order chi connectivity index (χ1) is 9.68. The van der Waals surface area contributed by atoms with Gasteiger partial charge in [0.15, 0.2) is 0 Å². The van der Waals surface area contributed by atoms with Crippen LogP contribution in [0.15, 0.2) is 30.3 Å². The minimum Gasteiger partial charge on any atom is -0.327 e. The van der Waals surface area contributed by atoms with Gasteiger partial charge in [-0.3, -0.25) is 14.5 Å². The molecule has 1 saturated heterocycles. The summed E-state index contributed by atoms with van der Waals surface area (Å²) in [5, 5.41) is 0. The summed E-state index contributed by atoms with van der Waals surface area (Å²) in [6.07, 6.45) is 2.01. The van der Waals surface area contributed by atoms with E-state index in [-0.39, 0.29) is 41.5 Å². The van der Waals surface area contributed by atoms with Crippen molar-refractivity contribution in [3.8, 4) is 0 Å². The molecule has 3 fully saturated rings. The third-order valence-electron chi connectivity index (χ3n) is 5.42. The van der Waals surface area contributed by atoms with E-state index < -0.39 is 0 Å². The molecule has 4 rings (SSSR count). The molecule has 104 valence electrons. The van der Waals surface area contributed by atoms with E-state index >= 15 is 0 Å². The molecule has 5 atom stereocenters. The predicted octanol–water partition coefficient (Wildman–Crippen LogP) is 1.15. The van der Waals surface area contributed by atoms with Crippen LogP contribution in [0.1, 0.15) is 18.4 Å². The monoisotopic (exact) mass is 270 g/mol. The van der Waals surface area contributed by atoms with Gasteiger partial charge in [0, 0.05) is 6.04 Å². The number of hydrogen-bond donors (Lipinski definition) is 1. The standard InChI is InChI=1S/C16H18N2O2/c17-14-10-6-7-11(14)13-12(10)15(19)18(16(13)20)8-9-4-2-1-3-5-9/h1-5,10-14H,6-8,17H2/t10-,11+,12-,13+,14?. The zero-order valence-corrected chi connectivity index (χ0v) is 11.2. The third kappa shape index (κ3) is 1.45. The van der Waals surface area contributed by atoms with Gasteiger partial charge in [-0.15, -0.1) is 0 Å². The molecule has 20 heavy (non-hydrogen) atoms. The van der Waals surface area contributed by atoms with E-state index in [1.165, 1.54) is 4.90 Å². The summed E-state index contributed by atoms with van der Waals surface area (Å²) >= 11 is 0. The van der Waals surface area contributed by atoms with Gasteiger partial charge < -0.3 is 5.73 Å². The quantitative estimate of drug-likeness (QED) is 0.820. The number of carbonyl (C=O) groups excluding carboxylic acids is 2. The van der Waals surface area contributed by atoms with Gasteiger partial charge in [0.25, 0.3) is 0 Å². The molecule has 0 radical (unpaired) electrons. The maximum absolute atomic E-state index is 12.6. The summed E-state index contributed by atoms with van der Waals surface area (Å²) < 4.78 is 0. The smallest absolute Gasteiger partial charge is 0.233 e. The van der Waals surface area contributed by atoms with Crippen molar-refractivity contribution in [3.63, 3.8) is 0 Å². The zero-order chi connectivity index (χ0) is 13.9. The maximum atomic E-state index is 12.6. The van der Waals surface area contributed by atoms with Crippen molar-refractivity contribution in [1.82, 2.24) is 4.90 Å². The van der Waals surface area contributed by atoms with Crippen molar-refractivity contribution in [2.75, 3.05) is 0 Å². The molecular formula is C16H18N2O2. The van der Waals surface area contributed by atoms with Crippen molar-refractivity contribution in [3.05, 3.63) is 35.9 Å². The van der Waals surface area contributed by atoms with Crippen LogP contribution in [0.2, 0.25) is 0 Å². The van der Waals surface area contributed by atoms with Crippen LogP contribution < -0.4 is 5.73 Å². The third-order valence-corrected chi connectivity index (χ3v) is 5.42. The number of fused-ring (bicyclic) bond motifs is 5. The van der Waals surface area contributed by atoms with Gasteiger partial charge in [0.1, 0.15) is 0 Å². The second-order valence-corrected chi connectivity index (χ2v) is 6.28. The summed E-state index contributed by atoms with van der Waals surface area (Å²) in [5.41, 5.74) is 7.18. The first kappa shape index (κ1) is 12.1. The Bertz CT molecular complexity index is 541. The molecule has 2 saturated carbocycles. The number of hydrogen-bond acceptors (Lipinski definition) is 3. The lowest BCUT2D eigenvalue weighted by molar-refractivity contribution is -0.141. The molecular weight excluding hydrogens is 252 g/mol. The van der Waals surface area contributed by atoms with E-state index in [4.69, 9.17) is 5.73 Å². The summed E-state index contributed by atoms with van der Waals surface area (Å²) in [4.78, 5) is 26.6. The topological polar surface area (TPSA) is 63.4 Å². The molecule has 1 unspecified atom stereocenters. The van der Waals surface area contributed by atoms with Crippen LogP contribution in [-0.2, 0) is 16.1 Å². The summed E-state index contributed by atoms with van der Waals surface area (Å²) in [6, 6.07) is 9.76. The lowest BCUT2D eigenvalue weighted by atomic mass is 9.81. The highest BCUT2D eigenvalue weighted by Gasteiger charge is 2.64. The van der Waals surface area contributed by atoms with Crippen LogP contribution in [0.25, 0.3) is 0 Å². The number of amides is 2. The summed E-state index contributed by atoms with van der Waals surface area (Å²) in [7, 11) is 0. The molecule has 2 aliphatic carbocycles. The van der Waals surface area contributed by atoms with Crippen molar-refractivity contribution < 1.29 is 9.59 Å². The van der Waals surface area contributed by atoms with Gasteiger partial charge in [-0.1, -0.05) is 30.3 Å². The Balaban J connectivity index is 1.62. The normalized spacial score (nSPS) is 38.6. The maximum Gasteiger partial charge on any atom is 0.233 e. The van der Waals surface area contributed by atoms with Crippen LogP contribution in [0.4, 0.5) is 0 Å². The molecule has 0 aromatic heterocycles. The van der Waals surface area contributed by atoms with E-state index in [2.05, 4.69) is 0 Å². The van der Waals surface area contributed by atoms with E-state index in [1.807, 2.05) is 30.3 Å². The molecule has 3 aliphatic rings.